The van der Waals surface area contributed by atoms with Gasteiger partial charge in [0.2, 0.25) is 0 Å². The van der Waals surface area contributed by atoms with Crippen LogP contribution in [-0.2, 0) is 33.3 Å². The number of alkyl carbamates (subject to hydrolysis) is 1. The summed E-state index contributed by atoms with van der Waals surface area (Å²) in [5, 5.41) is 2.50. The second-order valence-corrected chi connectivity index (χ2v) is 9.46. The molecule has 1 saturated heterocycles. The molecule has 9 nitrogen and oxygen atoms in total. The fourth-order valence-electron chi connectivity index (χ4n) is 2.58. The summed E-state index contributed by atoms with van der Waals surface area (Å²) in [7, 11) is 0. The zero-order chi connectivity index (χ0) is 22.6. The first-order valence-corrected chi connectivity index (χ1v) is 9.67. The SMILES string of the molecule is CC(C)(C)OC(=O)NC(CCCC1C(=O)OC(C)(C)OC1=O)C(=O)OC(C)(C)C. The molecule has 0 aromatic heterocycles. The quantitative estimate of drug-likeness (QED) is 0.400. The third-order valence-electron chi connectivity index (χ3n) is 3.63. The average Bonchev–Trinajstić information content (AvgIpc) is 2.43. The summed E-state index contributed by atoms with van der Waals surface area (Å²) in [6.07, 6.45) is -0.223. The van der Waals surface area contributed by atoms with Gasteiger partial charge in [-0.1, -0.05) is 0 Å². The molecule has 0 radical (unpaired) electrons. The maximum Gasteiger partial charge on any atom is 0.408 e. The summed E-state index contributed by atoms with van der Waals surface area (Å²) in [4.78, 5) is 48.7. The van der Waals surface area contributed by atoms with E-state index in [2.05, 4.69) is 5.32 Å². The molecule has 0 saturated carbocycles. The number of hydrogen-bond donors (Lipinski definition) is 1. The number of amides is 1. The van der Waals surface area contributed by atoms with Crippen LogP contribution >= 0.6 is 0 Å². The predicted octanol–water partition coefficient (Wildman–Crippen LogP) is 2.84. The molecule has 1 heterocycles. The van der Waals surface area contributed by atoms with E-state index in [1.165, 1.54) is 13.8 Å². The molecule has 1 fully saturated rings. The summed E-state index contributed by atoms with van der Waals surface area (Å²) in [5.41, 5.74) is -1.47. The first kappa shape index (κ1) is 24.7. The van der Waals surface area contributed by atoms with E-state index in [9.17, 15) is 19.2 Å². The van der Waals surface area contributed by atoms with Crippen LogP contribution in [0.25, 0.3) is 0 Å². The molecule has 0 spiro atoms. The van der Waals surface area contributed by atoms with Gasteiger partial charge >= 0.3 is 24.0 Å². The van der Waals surface area contributed by atoms with Crippen molar-refractivity contribution >= 4 is 24.0 Å². The van der Waals surface area contributed by atoms with Crippen molar-refractivity contribution in [2.45, 2.75) is 97.7 Å². The summed E-state index contributed by atoms with van der Waals surface area (Å²) in [6.45, 7) is 13.2. The molecule has 0 aromatic carbocycles. The van der Waals surface area contributed by atoms with Gasteiger partial charge in [0.1, 0.15) is 17.2 Å². The number of hydrogen-bond acceptors (Lipinski definition) is 8. The Morgan fingerprint density at radius 2 is 1.48 bits per heavy atom. The monoisotopic (exact) mass is 415 g/mol. The zero-order valence-electron chi connectivity index (χ0n) is 18.5. The molecule has 1 aliphatic rings. The van der Waals surface area contributed by atoms with E-state index in [1.807, 2.05) is 0 Å². The fraction of sp³-hybridized carbons (Fsp3) is 0.800. The first-order valence-electron chi connectivity index (χ1n) is 9.67. The molecular formula is C20H33NO8. The smallest absolute Gasteiger partial charge is 0.408 e. The molecule has 166 valence electrons. The Labute approximate surface area is 171 Å². The second kappa shape index (κ2) is 9.00. The van der Waals surface area contributed by atoms with Crippen molar-refractivity contribution in [2.24, 2.45) is 5.92 Å². The lowest BCUT2D eigenvalue weighted by Crippen LogP contribution is -2.47. The third-order valence-corrected chi connectivity index (χ3v) is 3.63. The third kappa shape index (κ3) is 9.15. The van der Waals surface area contributed by atoms with Crippen molar-refractivity contribution in [3.05, 3.63) is 0 Å². The lowest BCUT2D eigenvalue weighted by molar-refractivity contribution is -0.240. The Balaban J connectivity index is 2.74. The second-order valence-electron chi connectivity index (χ2n) is 9.46. The number of carbonyl (C=O) groups excluding carboxylic acids is 4. The van der Waals surface area contributed by atoms with Crippen LogP contribution in [0.2, 0.25) is 0 Å². The Hall–Kier alpha value is -2.32. The van der Waals surface area contributed by atoms with Crippen LogP contribution in [0.3, 0.4) is 0 Å². The van der Waals surface area contributed by atoms with E-state index < -0.39 is 53.0 Å². The van der Waals surface area contributed by atoms with Gasteiger partial charge in [-0.05, 0) is 60.8 Å². The van der Waals surface area contributed by atoms with Gasteiger partial charge in [0.15, 0.2) is 5.92 Å². The van der Waals surface area contributed by atoms with Crippen molar-refractivity contribution in [3.63, 3.8) is 0 Å². The molecule has 0 bridgehead atoms. The van der Waals surface area contributed by atoms with Crippen LogP contribution < -0.4 is 5.32 Å². The fourth-order valence-corrected chi connectivity index (χ4v) is 2.58. The van der Waals surface area contributed by atoms with Crippen molar-refractivity contribution in [3.8, 4) is 0 Å². The summed E-state index contributed by atoms with van der Waals surface area (Å²) in [6, 6.07) is -0.990. The Kier molecular flexibility index (Phi) is 7.67. The summed E-state index contributed by atoms with van der Waals surface area (Å²) < 4.78 is 20.7. The lowest BCUT2D eigenvalue weighted by atomic mass is 9.98. The minimum atomic E-state index is -1.29. The molecule has 0 aliphatic carbocycles. The number of nitrogens with one attached hydrogen (secondary N) is 1. The van der Waals surface area contributed by atoms with Crippen LogP contribution in [-0.4, -0.2) is 47.0 Å². The van der Waals surface area contributed by atoms with E-state index in [0.717, 1.165) is 0 Å². The maximum atomic E-state index is 12.5. The van der Waals surface area contributed by atoms with Gasteiger partial charge < -0.3 is 24.3 Å². The predicted molar refractivity (Wildman–Crippen MR) is 103 cm³/mol. The highest BCUT2D eigenvalue weighted by molar-refractivity contribution is 5.96. The maximum absolute atomic E-state index is 12.5. The number of rotatable bonds is 6. The molecular weight excluding hydrogens is 382 g/mol. The summed E-state index contributed by atoms with van der Waals surface area (Å²) >= 11 is 0. The van der Waals surface area contributed by atoms with Gasteiger partial charge in [-0.15, -0.1) is 0 Å². The minimum absolute atomic E-state index is 0.114. The van der Waals surface area contributed by atoms with Crippen LogP contribution in [0, 0.1) is 5.92 Å². The number of cyclic esters (lactones) is 2. The van der Waals surface area contributed by atoms with Crippen molar-refractivity contribution in [1.82, 2.24) is 5.32 Å². The Morgan fingerprint density at radius 1 is 1.00 bits per heavy atom. The minimum Gasteiger partial charge on any atom is -0.458 e. The number of ether oxygens (including phenoxy) is 4. The zero-order valence-corrected chi connectivity index (χ0v) is 18.5. The molecule has 1 atom stereocenters. The molecule has 1 rings (SSSR count). The van der Waals surface area contributed by atoms with Crippen LogP contribution in [0.1, 0.15) is 74.7 Å². The van der Waals surface area contributed by atoms with Gasteiger partial charge in [0, 0.05) is 13.8 Å². The topological polar surface area (TPSA) is 117 Å². The highest BCUT2D eigenvalue weighted by Crippen LogP contribution is 2.26. The molecule has 1 unspecified atom stereocenters. The Morgan fingerprint density at radius 3 is 1.93 bits per heavy atom. The largest absolute Gasteiger partial charge is 0.458 e. The summed E-state index contributed by atoms with van der Waals surface area (Å²) in [5.74, 6) is -4.32. The molecule has 29 heavy (non-hydrogen) atoms. The van der Waals surface area contributed by atoms with Gasteiger partial charge in [-0.25, -0.2) is 9.59 Å². The van der Waals surface area contributed by atoms with Gasteiger partial charge in [-0.2, -0.15) is 0 Å². The van der Waals surface area contributed by atoms with Crippen molar-refractivity contribution in [2.75, 3.05) is 0 Å². The molecule has 1 N–H and O–H groups in total. The van der Waals surface area contributed by atoms with E-state index in [-0.39, 0.29) is 19.3 Å². The van der Waals surface area contributed by atoms with Crippen LogP contribution in [0.5, 0.6) is 0 Å². The van der Waals surface area contributed by atoms with Gasteiger partial charge in [0.25, 0.3) is 5.79 Å². The molecule has 9 heteroatoms. The van der Waals surface area contributed by atoms with Crippen LogP contribution in [0.4, 0.5) is 4.79 Å². The van der Waals surface area contributed by atoms with Crippen LogP contribution in [0.15, 0.2) is 0 Å². The number of esters is 3. The van der Waals surface area contributed by atoms with Crippen molar-refractivity contribution < 1.29 is 38.1 Å². The van der Waals surface area contributed by atoms with Gasteiger partial charge in [0.05, 0.1) is 0 Å². The van der Waals surface area contributed by atoms with E-state index >= 15 is 0 Å². The first-order chi connectivity index (χ1) is 13.0. The average molecular weight is 415 g/mol. The lowest BCUT2D eigenvalue weighted by Gasteiger charge is -2.33. The molecule has 0 aromatic rings. The van der Waals surface area contributed by atoms with Gasteiger partial charge in [-0.3, -0.25) is 9.59 Å². The Bertz CT molecular complexity index is 622. The van der Waals surface area contributed by atoms with E-state index in [1.54, 1.807) is 41.5 Å². The molecule has 1 aliphatic heterocycles. The number of carbonyl (C=O) groups is 4. The standard InChI is InChI=1S/C20H33NO8/c1-18(2,3)26-16(24)13(21-17(25)29-19(4,5)6)11-9-10-12-14(22)27-20(7,8)28-15(12)23/h12-13H,9-11H2,1-8H3,(H,21,25). The van der Waals surface area contributed by atoms with E-state index in [4.69, 9.17) is 18.9 Å². The van der Waals surface area contributed by atoms with Crippen molar-refractivity contribution in [1.29, 1.82) is 0 Å². The highest BCUT2D eigenvalue weighted by Gasteiger charge is 2.43. The normalized spacial score (nSPS) is 18.3. The highest BCUT2D eigenvalue weighted by atomic mass is 16.7. The molecule has 1 amide bonds. The van der Waals surface area contributed by atoms with E-state index in [0.29, 0.717) is 0 Å².